The summed E-state index contributed by atoms with van der Waals surface area (Å²) >= 11 is 0. The van der Waals surface area contributed by atoms with E-state index in [1.165, 1.54) is 33.0 Å². The zero-order valence-electron chi connectivity index (χ0n) is 15.0. The van der Waals surface area contributed by atoms with Gasteiger partial charge in [-0.2, -0.15) is 6.20 Å². The van der Waals surface area contributed by atoms with E-state index in [1.807, 2.05) is 12.4 Å². The molecule has 2 aromatic carbocycles. The Labute approximate surface area is 152 Å². The fraction of sp³-hybridized carbons (Fsp3) is 0.174. The molecule has 0 radical (unpaired) electrons. The third-order valence-electron chi connectivity index (χ3n) is 5.27. The summed E-state index contributed by atoms with van der Waals surface area (Å²) in [5.41, 5.74) is 8.18. The molecule has 3 aromatic heterocycles. The first-order valence-electron chi connectivity index (χ1n) is 9.14. The van der Waals surface area contributed by atoms with Gasteiger partial charge in [0.2, 0.25) is 0 Å². The number of benzene rings is 2. The minimum Gasteiger partial charge on any atom is -0.662 e. The zero-order chi connectivity index (χ0) is 17.7. The molecule has 3 nitrogen and oxygen atoms in total. The minimum absolute atomic E-state index is 0.958. The van der Waals surface area contributed by atoms with Crippen LogP contribution in [-0.2, 0) is 13.5 Å². The maximum Gasteiger partial charge on any atom is 0.0965 e. The molecular formula is C23H20N3-. The van der Waals surface area contributed by atoms with Gasteiger partial charge >= 0.3 is 0 Å². The number of para-hydroxylation sites is 1. The molecule has 0 atom stereocenters. The van der Waals surface area contributed by atoms with Gasteiger partial charge in [-0.3, -0.25) is 4.98 Å². The number of hydrogen-bond acceptors (Lipinski definition) is 1. The predicted octanol–water partition coefficient (Wildman–Crippen LogP) is 5.46. The Morgan fingerprint density at radius 1 is 1.08 bits per heavy atom. The van der Waals surface area contributed by atoms with Crippen molar-refractivity contribution in [3.05, 3.63) is 66.5 Å². The van der Waals surface area contributed by atoms with Crippen LogP contribution in [0.3, 0.4) is 0 Å². The van der Waals surface area contributed by atoms with Gasteiger partial charge in [0.25, 0.3) is 0 Å². The first-order valence-corrected chi connectivity index (χ1v) is 9.14. The van der Waals surface area contributed by atoms with E-state index in [1.54, 1.807) is 0 Å². The number of hydrogen-bond donors (Lipinski definition) is 0. The van der Waals surface area contributed by atoms with Crippen molar-refractivity contribution in [2.45, 2.75) is 19.8 Å². The summed E-state index contributed by atoms with van der Waals surface area (Å²) in [5, 5.41) is 2.39. The predicted molar refractivity (Wildman–Crippen MR) is 108 cm³/mol. The average molecular weight is 338 g/mol. The molecular weight excluding hydrogens is 318 g/mol. The van der Waals surface area contributed by atoms with Gasteiger partial charge in [-0.1, -0.05) is 55.8 Å². The summed E-state index contributed by atoms with van der Waals surface area (Å²) in [6.07, 6.45) is 6.16. The van der Waals surface area contributed by atoms with Crippen LogP contribution >= 0.6 is 0 Å². The second-order valence-electron chi connectivity index (χ2n) is 6.91. The SMILES string of the molecule is CCCc1cccc(-c2c[n-]c3cnc4c5ccccc5n(C)c4c23)c1. The summed E-state index contributed by atoms with van der Waals surface area (Å²) in [5.74, 6) is 0. The van der Waals surface area contributed by atoms with Crippen LogP contribution in [0, 0.1) is 0 Å². The van der Waals surface area contributed by atoms with E-state index in [2.05, 4.69) is 72.1 Å². The third kappa shape index (κ3) is 2.10. The van der Waals surface area contributed by atoms with Gasteiger partial charge in [0, 0.05) is 18.6 Å². The molecule has 0 saturated carbocycles. The summed E-state index contributed by atoms with van der Waals surface area (Å²) in [4.78, 5) is 9.39. The molecule has 5 aromatic rings. The molecule has 3 heterocycles. The Morgan fingerprint density at radius 3 is 2.85 bits per heavy atom. The van der Waals surface area contributed by atoms with Crippen LogP contribution in [0.5, 0.6) is 0 Å². The van der Waals surface area contributed by atoms with Crippen LogP contribution < -0.4 is 4.98 Å². The van der Waals surface area contributed by atoms with Gasteiger partial charge in [-0.25, -0.2) is 0 Å². The number of aryl methyl sites for hydroxylation is 2. The molecule has 0 aliphatic carbocycles. The Hall–Kier alpha value is -3.07. The van der Waals surface area contributed by atoms with Gasteiger partial charge in [0.05, 0.1) is 16.6 Å². The first kappa shape index (κ1) is 15.2. The first-order chi connectivity index (χ1) is 12.8. The van der Waals surface area contributed by atoms with Crippen LogP contribution in [0.15, 0.2) is 60.9 Å². The molecule has 26 heavy (non-hydrogen) atoms. The molecule has 0 amide bonds. The topological polar surface area (TPSA) is 31.9 Å². The lowest BCUT2D eigenvalue weighted by Gasteiger charge is -2.08. The molecule has 0 bridgehead atoms. The maximum absolute atomic E-state index is 4.73. The highest BCUT2D eigenvalue weighted by atomic mass is 15.0. The van der Waals surface area contributed by atoms with Crippen LogP contribution in [0.25, 0.3) is 44.0 Å². The van der Waals surface area contributed by atoms with Crippen molar-refractivity contribution in [3.8, 4) is 11.1 Å². The Bertz CT molecular complexity index is 1260. The third-order valence-corrected chi connectivity index (χ3v) is 5.27. The molecule has 0 aliphatic heterocycles. The summed E-state index contributed by atoms with van der Waals surface area (Å²) in [6.45, 7) is 2.22. The Balaban J connectivity index is 1.87. The highest BCUT2D eigenvalue weighted by Crippen LogP contribution is 2.37. The van der Waals surface area contributed by atoms with Crippen LogP contribution in [-0.4, -0.2) is 9.55 Å². The highest BCUT2D eigenvalue weighted by Gasteiger charge is 2.13. The van der Waals surface area contributed by atoms with Crippen molar-refractivity contribution in [1.29, 1.82) is 0 Å². The molecule has 0 N–H and O–H groups in total. The highest BCUT2D eigenvalue weighted by molar-refractivity contribution is 6.18. The van der Waals surface area contributed by atoms with Crippen molar-refractivity contribution in [2.24, 2.45) is 7.05 Å². The maximum atomic E-state index is 4.73. The largest absolute Gasteiger partial charge is 0.662 e. The summed E-state index contributed by atoms with van der Waals surface area (Å²) < 4.78 is 2.25. The van der Waals surface area contributed by atoms with Gasteiger partial charge < -0.3 is 9.55 Å². The molecule has 0 spiro atoms. The van der Waals surface area contributed by atoms with Crippen molar-refractivity contribution in [2.75, 3.05) is 0 Å². The molecule has 0 fully saturated rings. The van der Waals surface area contributed by atoms with Gasteiger partial charge in [-0.15, -0.1) is 5.52 Å². The number of fused-ring (bicyclic) bond motifs is 5. The summed E-state index contributed by atoms with van der Waals surface area (Å²) in [6, 6.07) is 17.3. The molecule has 0 saturated heterocycles. The Morgan fingerprint density at radius 2 is 1.96 bits per heavy atom. The van der Waals surface area contributed by atoms with Crippen LogP contribution in [0.1, 0.15) is 18.9 Å². The van der Waals surface area contributed by atoms with Crippen molar-refractivity contribution in [1.82, 2.24) is 14.5 Å². The second kappa shape index (κ2) is 5.73. The number of rotatable bonds is 3. The number of pyridine rings is 1. The van der Waals surface area contributed by atoms with E-state index >= 15 is 0 Å². The van der Waals surface area contributed by atoms with E-state index < -0.39 is 0 Å². The normalized spacial score (nSPS) is 11.8. The van der Waals surface area contributed by atoms with E-state index in [9.17, 15) is 0 Å². The van der Waals surface area contributed by atoms with E-state index in [0.717, 1.165) is 29.4 Å². The van der Waals surface area contributed by atoms with Crippen LogP contribution in [0.4, 0.5) is 0 Å². The standard InChI is InChI=1S/C23H20N3/c1-3-7-15-8-6-9-16(12-15)18-13-24-19-14-25-22-17-10-4-5-11-20(17)26(2)23(22)21(18)19/h4-6,8-14H,3,7H2,1-2H3/q-1. The lowest BCUT2D eigenvalue weighted by Crippen LogP contribution is -1.89. The van der Waals surface area contributed by atoms with Crippen molar-refractivity contribution < 1.29 is 0 Å². The molecule has 0 unspecified atom stereocenters. The van der Waals surface area contributed by atoms with E-state index in [4.69, 9.17) is 4.98 Å². The monoisotopic (exact) mass is 338 g/mol. The lowest BCUT2D eigenvalue weighted by molar-refractivity contribution is 0.922. The number of nitrogens with zero attached hydrogens (tertiary/aromatic N) is 3. The number of aromatic nitrogens is 3. The molecule has 128 valence electrons. The quantitative estimate of drug-likeness (QED) is 0.438. The fourth-order valence-corrected chi connectivity index (χ4v) is 4.07. The van der Waals surface area contributed by atoms with Crippen molar-refractivity contribution >= 4 is 32.8 Å². The smallest absolute Gasteiger partial charge is 0.0965 e. The Kier molecular flexibility index (Phi) is 3.35. The fourth-order valence-electron chi connectivity index (χ4n) is 4.07. The molecule has 5 rings (SSSR count). The van der Waals surface area contributed by atoms with Gasteiger partial charge in [-0.05, 0) is 34.6 Å². The average Bonchev–Trinajstić information content (AvgIpc) is 3.22. The summed E-state index contributed by atoms with van der Waals surface area (Å²) in [7, 11) is 2.12. The van der Waals surface area contributed by atoms with E-state index in [-0.39, 0.29) is 0 Å². The van der Waals surface area contributed by atoms with Gasteiger partial charge in [0.1, 0.15) is 0 Å². The molecule has 0 aliphatic rings. The van der Waals surface area contributed by atoms with Crippen LogP contribution in [0.2, 0.25) is 0 Å². The molecule has 3 heteroatoms. The van der Waals surface area contributed by atoms with Crippen molar-refractivity contribution in [3.63, 3.8) is 0 Å². The second-order valence-corrected chi connectivity index (χ2v) is 6.91. The zero-order valence-corrected chi connectivity index (χ0v) is 15.0. The minimum atomic E-state index is 0.958. The van der Waals surface area contributed by atoms with Gasteiger partial charge in [0.15, 0.2) is 0 Å². The lowest BCUT2D eigenvalue weighted by atomic mass is 10.0. The van der Waals surface area contributed by atoms with E-state index in [0.29, 0.717) is 0 Å².